The Morgan fingerprint density at radius 2 is 0.621 bits per heavy atom. The van der Waals surface area contributed by atoms with Crippen LogP contribution < -0.4 is 9.47 Å². The van der Waals surface area contributed by atoms with Crippen molar-refractivity contribution in [2.24, 2.45) is 0 Å². The van der Waals surface area contributed by atoms with Crippen LogP contribution in [0.3, 0.4) is 0 Å². The van der Waals surface area contributed by atoms with Crippen LogP contribution in [0.4, 0.5) is 0 Å². The molecule has 2 N–H and O–H groups in total. The monoisotopic (exact) mass is 789 g/mol. The van der Waals surface area contributed by atoms with Gasteiger partial charge in [0, 0.05) is 12.8 Å². The molecule has 0 radical (unpaired) electrons. The Bertz CT molecular complexity index is 1940. The maximum Gasteiger partial charge on any atom is 0.126 e. The maximum absolute atomic E-state index is 12.1. The molecule has 0 heterocycles. The summed E-state index contributed by atoms with van der Waals surface area (Å²) < 4.78 is 13.6. The molecular formula is C54H76O4. The highest BCUT2D eigenvalue weighted by atomic mass is 16.5. The average Bonchev–Trinajstić information content (AvgIpc) is 3.07. The van der Waals surface area contributed by atoms with Gasteiger partial charge in [-0.05, 0) is 155 Å². The molecule has 0 saturated carbocycles. The third-order valence-electron chi connectivity index (χ3n) is 11.7. The fraction of sp³-hybridized carbons (Fsp3) is 0.556. The van der Waals surface area contributed by atoms with Gasteiger partial charge in [-0.3, -0.25) is 0 Å². The normalized spacial score (nSPS) is 14.8. The summed E-state index contributed by atoms with van der Waals surface area (Å²) in [5, 5.41) is 24.2. The van der Waals surface area contributed by atoms with Crippen LogP contribution in [0.15, 0.2) is 48.5 Å². The zero-order valence-corrected chi connectivity index (χ0v) is 39.1. The first-order valence-electron chi connectivity index (χ1n) is 22.1. The Balaban J connectivity index is 1.80. The van der Waals surface area contributed by atoms with E-state index >= 15 is 0 Å². The molecule has 4 nitrogen and oxygen atoms in total. The molecule has 58 heavy (non-hydrogen) atoms. The van der Waals surface area contributed by atoms with Crippen molar-refractivity contribution in [3.8, 4) is 23.0 Å². The van der Waals surface area contributed by atoms with Crippen LogP contribution in [-0.4, -0.2) is 22.4 Å². The second-order valence-corrected chi connectivity index (χ2v) is 21.9. The SMILES string of the molecule is CC(C)Oc1c2cc(C(C)(C)C)cc1Cc1cc(C(C)(C)C)cc(c1O)CCCc1cc(C(C)(C)C)cc(c1O)Cc1cc(C(C)(C)C)cc(c1OC(C)C)CCC2. The van der Waals surface area contributed by atoms with E-state index in [2.05, 4.69) is 159 Å². The van der Waals surface area contributed by atoms with E-state index in [1.165, 1.54) is 33.4 Å². The van der Waals surface area contributed by atoms with E-state index in [1.807, 2.05) is 0 Å². The predicted molar refractivity (Wildman–Crippen MR) is 245 cm³/mol. The number of phenols is 2. The first-order chi connectivity index (χ1) is 26.7. The number of hydrogen-bond donors (Lipinski definition) is 2. The molecule has 0 saturated heterocycles. The van der Waals surface area contributed by atoms with Gasteiger partial charge >= 0.3 is 0 Å². The lowest BCUT2D eigenvalue weighted by Gasteiger charge is -2.27. The van der Waals surface area contributed by atoms with Gasteiger partial charge in [-0.1, -0.05) is 132 Å². The standard InChI is InChI=1S/C54H76O4/c1-33(2)57-49-37-21-18-22-38-28-46(54(14,15)16)32-42(50(38)58-34(3)4)24-40-30-44(52(8,9)10)26-36(48(40)56)20-17-19-35-25-43(51(5,6)7)29-39(47(35)55)23-41(49)31-45(27-37)53(11,12)13/h25-34,55-56H,17-24H2,1-16H3. The van der Waals surface area contributed by atoms with Gasteiger partial charge in [0.2, 0.25) is 0 Å². The largest absolute Gasteiger partial charge is 0.507 e. The van der Waals surface area contributed by atoms with Crippen molar-refractivity contribution in [3.05, 3.63) is 115 Å². The summed E-state index contributed by atoms with van der Waals surface area (Å²) in [6.45, 7) is 35.6. The third kappa shape index (κ3) is 10.8. The molecule has 4 heteroatoms. The first-order valence-corrected chi connectivity index (χ1v) is 22.1. The van der Waals surface area contributed by atoms with Crippen molar-refractivity contribution < 1.29 is 19.7 Å². The summed E-state index contributed by atoms with van der Waals surface area (Å²) in [5.74, 6) is 2.65. The second kappa shape index (κ2) is 17.0. The Kier molecular flexibility index (Phi) is 13.2. The van der Waals surface area contributed by atoms with Crippen molar-refractivity contribution in [3.63, 3.8) is 0 Å². The van der Waals surface area contributed by atoms with Crippen LogP contribution in [-0.2, 0) is 60.2 Å². The third-order valence-corrected chi connectivity index (χ3v) is 11.7. The molecule has 8 bridgehead atoms. The van der Waals surface area contributed by atoms with Crippen LogP contribution in [0.25, 0.3) is 0 Å². The average molecular weight is 789 g/mol. The minimum atomic E-state index is -0.101. The van der Waals surface area contributed by atoms with Crippen LogP contribution in [0.2, 0.25) is 0 Å². The number of benzene rings is 4. The molecule has 1 aliphatic rings. The van der Waals surface area contributed by atoms with Crippen LogP contribution in [0, 0.1) is 0 Å². The first kappa shape index (κ1) is 45.2. The second-order valence-electron chi connectivity index (χ2n) is 21.9. The smallest absolute Gasteiger partial charge is 0.126 e. The molecule has 0 fully saturated rings. The van der Waals surface area contributed by atoms with E-state index in [1.54, 1.807) is 0 Å². The summed E-state index contributed by atoms with van der Waals surface area (Å²) >= 11 is 0. The maximum atomic E-state index is 12.1. The van der Waals surface area contributed by atoms with Gasteiger partial charge in [-0.2, -0.15) is 0 Å². The van der Waals surface area contributed by atoms with Gasteiger partial charge in [0.1, 0.15) is 23.0 Å². The molecule has 316 valence electrons. The summed E-state index contributed by atoms with van der Waals surface area (Å²) in [4.78, 5) is 0. The number of aryl methyl sites for hydroxylation is 4. The summed E-state index contributed by atoms with van der Waals surface area (Å²) in [6, 6.07) is 18.2. The molecule has 4 aromatic rings. The van der Waals surface area contributed by atoms with Crippen LogP contribution in [0.5, 0.6) is 23.0 Å². The quantitative estimate of drug-likeness (QED) is 0.216. The van der Waals surface area contributed by atoms with Crippen molar-refractivity contribution in [2.75, 3.05) is 0 Å². The number of aromatic hydroxyl groups is 2. The number of hydrogen-bond acceptors (Lipinski definition) is 4. The number of fused-ring (bicyclic) bond motifs is 8. The van der Waals surface area contributed by atoms with Crippen LogP contribution >= 0.6 is 0 Å². The van der Waals surface area contributed by atoms with Gasteiger partial charge in [-0.25, -0.2) is 0 Å². The Morgan fingerprint density at radius 1 is 0.379 bits per heavy atom. The Morgan fingerprint density at radius 3 is 0.897 bits per heavy atom. The predicted octanol–water partition coefficient (Wildman–Crippen LogP) is 13.7. The number of ether oxygens (including phenoxy) is 2. The van der Waals surface area contributed by atoms with Gasteiger partial charge in [0.05, 0.1) is 12.2 Å². The van der Waals surface area contributed by atoms with E-state index in [9.17, 15) is 10.2 Å². The Labute approximate surface area is 352 Å². The topological polar surface area (TPSA) is 58.9 Å². The molecule has 1 aliphatic carbocycles. The molecule has 0 aliphatic heterocycles. The minimum absolute atomic E-state index is 0.00186. The Hall–Kier alpha value is -3.92. The fourth-order valence-corrected chi connectivity index (χ4v) is 8.17. The van der Waals surface area contributed by atoms with E-state index in [-0.39, 0.29) is 33.9 Å². The van der Waals surface area contributed by atoms with Gasteiger partial charge in [0.25, 0.3) is 0 Å². The van der Waals surface area contributed by atoms with E-state index in [0.29, 0.717) is 37.2 Å². The van der Waals surface area contributed by atoms with E-state index in [4.69, 9.17) is 9.47 Å². The zero-order chi connectivity index (χ0) is 43.1. The highest BCUT2D eigenvalue weighted by Crippen LogP contribution is 2.42. The van der Waals surface area contributed by atoms with E-state index in [0.717, 1.165) is 70.6 Å². The lowest BCUT2D eigenvalue weighted by atomic mass is 9.80. The van der Waals surface area contributed by atoms with Gasteiger partial charge in [0.15, 0.2) is 0 Å². The molecule has 0 spiro atoms. The highest BCUT2D eigenvalue weighted by Gasteiger charge is 2.27. The highest BCUT2D eigenvalue weighted by molar-refractivity contribution is 5.55. The molecule has 0 atom stereocenters. The molecule has 5 rings (SSSR count). The zero-order valence-electron chi connectivity index (χ0n) is 39.1. The summed E-state index contributed by atoms with van der Waals surface area (Å²) in [7, 11) is 0. The number of phenolic OH excluding ortho intramolecular Hbond substituents is 2. The van der Waals surface area contributed by atoms with Crippen LogP contribution in [0.1, 0.15) is 190 Å². The molecule has 0 unspecified atom stereocenters. The summed E-state index contributed by atoms with van der Waals surface area (Å²) in [6.07, 6.45) is 5.91. The van der Waals surface area contributed by atoms with Crippen molar-refractivity contribution >= 4 is 0 Å². The van der Waals surface area contributed by atoms with Crippen molar-refractivity contribution in [1.29, 1.82) is 0 Å². The van der Waals surface area contributed by atoms with Gasteiger partial charge < -0.3 is 19.7 Å². The van der Waals surface area contributed by atoms with E-state index < -0.39 is 0 Å². The molecular weight excluding hydrogens is 713 g/mol. The molecule has 0 amide bonds. The molecule has 0 aromatic heterocycles. The lowest BCUT2D eigenvalue weighted by molar-refractivity contribution is 0.236. The fourth-order valence-electron chi connectivity index (χ4n) is 8.17. The summed E-state index contributed by atoms with van der Waals surface area (Å²) in [5.41, 5.74) is 13.1. The lowest BCUT2D eigenvalue weighted by Crippen LogP contribution is -2.17. The minimum Gasteiger partial charge on any atom is -0.507 e. The molecule has 4 aromatic carbocycles. The van der Waals surface area contributed by atoms with Crippen molar-refractivity contribution in [1.82, 2.24) is 0 Å². The van der Waals surface area contributed by atoms with Crippen molar-refractivity contribution in [2.45, 2.75) is 196 Å². The van der Waals surface area contributed by atoms with Gasteiger partial charge in [-0.15, -0.1) is 0 Å². The number of rotatable bonds is 4.